The van der Waals surface area contributed by atoms with Crippen molar-refractivity contribution in [2.75, 3.05) is 13.1 Å². The predicted octanol–water partition coefficient (Wildman–Crippen LogP) is 0.897. The Balaban J connectivity index is 2.56. The number of carbonyl (C=O) groups is 2. The molecular formula is C11H19NO3. The number of piperidine rings is 1. The van der Waals surface area contributed by atoms with E-state index in [9.17, 15) is 9.59 Å². The van der Waals surface area contributed by atoms with Crippen molar-refractivity contribution in [3.05, 3.63) is 0 Å². The van der Waals surface area contributed by atoms with Gasteiger partial charge in [-0.2, -0.15) is 0 Å². The molecule has 0 aromatic rings. The number of hydrogen-bond acceptors (Lipinski definition) is 4. The second-order valence-electron chi connectivity index (χ2n) is 4.57. The van der Waals surface area contributed by atoms with Gasteiger partial charge < -0.3 is 10.1 Å². The molecule has 0 bridgehead atoms. The Labute approximate surface area is 90.4 Å². The zero-order valence-corrected chi connectivity index (χ0v) is 9.63. The fourth-order valence-corrected chi connectivity index (χ4v) is 1.91. The first kappa shape index (κ1) is 12.2. The second kappa shape index (κ2) is 4.75. The first-order chi connectivity index (χ1) is 6.93. The molecular weight excluding hydrogens is 194 g/mol. The monoisotopic (exact) mass is 213 g/mol. The molecule has 86 valence electrons. The lowest BCUT2D eigenvalue weighted by Crippen LogP contribution is -2.43. The van der Waals surface area contributed by atoms with Crippen LogP contribution in [0.5, 0.6) is 0 Å². The highest BCUT2D eigenvalue weighted by atomic mass is 16.6. The molecule has 1 aliphatic heterocycles. The molecule has 1 heterocycles. The van der Waals surface area contributed by atoms with Gasteiger partial charge in [-0.15, -0.1) is 0 Å². The summed E-state index contributed by atoms with van der Waals surface area (Å²) in [4.78, 5) is 22.0. The lowest BCUT2D eigenvalue weighted by atomic mass is 9.83. The van der Waals surface area contributed by atoms with E-state index in [0.29, 0.717) is 5.92 Å². The molecule has 0 aromatic carbocycles. The molecule has 0 saturated carbocycles. The maximum atomic E-state index is 11.2. The van der Waals surface area contributed by atoms with Gasteiger partial charge in [-0.1, -0.05) is 0 Å². The van der Waals surface area contributed by atoms with Gasteiger partial charge in [0.25, 0.3) is 0 Å². The summed E-state index contributed by atoms with van der Waals surface area (Å²) in [6, 6.07) is 0. The van der Waals surface area contributed by atoms with E-state index in [1.165, 1.54) is 6.92 Å². The standard InChI is InChI=1S/C11H19NO3/c1-8(13)10(14)15-11(2,3)9-4-6-12-7-5-9/h9,12H,4-7H2,1-3H3. The van der Waals surface area contributed by atoms with E-state index in [2.05, 4.69) is 5.32 Å². The molecule has 0 spiro atoms. The van der Waals surface area contributed by atoms with Gasteiger partial charge in [-0.25, -0.2) is 4.79 Å². The van der Waals surface area contributed by atoms with Crippen LogP contribution in [0.25, 0.3) is 0 Å². The Morgan fingerprint density at radius 1 is 1.27 bits per heavy atom. The predicted molar refractivity (Wildman–Crippen MR) is 56.4 cm³/mol. The highest BCUT2D eigenvalue weighted by molar-refractivity contribution is 6.32. The van der Waals surface area contributed by atoms with Crippen LogP contribution in [0.1, 0.15) is 33.6 Å². The van der Waals surface area contributed by atoms with E-state index in [1.54, 1.807) is 0 Å². The molecule has 1 N–H and O–H groups in total. The summed E-state index contributed by atoms with van der Waals surface area (Å²) in [5.74, 6) is -0.919. The molecule has 0 radical (unpaired) electrons. The Morgan fingerprint density at radius 2 is 1.80 bits per heavy atom. The third-order valence-corrected chi connectivity index (χ3v) is 2.97. The van der Waals surface area contributed by atoms with Crippen molar-refractivity contribution in [2.24, 2.45) is 5.92 Å². The molecule has 0 atom stereocenters. The summed E-state index contributed by atoms with van der Waals surface area (Å²) in [5, 5.41) is 3.26. The van der Waals surface area contributed by atoms with Gasteiger partial charge in [-0.05, 0) is 39.8 Å². The average molecular weight is 213 g/mol. The maximum Gasteiger partial charge on any atom is 0.374 e. The molecule has 1 aliphatic rings. The van der Waals surface area contributed by atoms with Crippen LogP contribution in [0.4, 0.5) is 0 Å². The molecule has 1 fully saturated rings. The van der Waals surface area contributed by atoms with Crippen LogP contribution in [0.3, 0.4) is 0 Å². The highest BCUT2D eigenvalue weighted by Crippen LogP contribution is 2.28. The SMILES string of the molecule is CC(=O)C(=O)OC(C)(C)C1CCNCC1. The van der Waals surface area contributed by atoms with Gasteiger partial charge in [0.05, 0.1) is 0 Å². The van der Waals surface area contributed by atoms with Gasteiger partial charge in [0, 0.05) is 12.8 Å². The van der Waals surface area contributed by atoms with E-state index < -0.39 is 17.4 Å². The largest absolute Gasteiger partial charge is 0.454 e. The fraction of sp³-hybridized carbons (Fsp3) is 0.818. The summed E-state index contributed by atoms with van der Waals surface area (Å²) in [7, 11) is 0. The number of Topliss-reactive ketones (excluding diaryl/α,β-unsaturated/α-hetero) is 1. The zero-order valence-electron chi connectivity index (χ0n) is 9.63. The molecule has 1 rings (SSSR count). The minimum absolute atomic E-state index is 0.335. The minimum Gasteiger partial charge on any atom is -0.454 e. The van der Waals surface area contributed by atoms with Gasteiger partial charge in [-0.3, -0.25) is 4.79 Å². The molecule has 0 aromatic heterocycles. The fourth-order valence-electron chi connectivity index (χ4n) is 1.91. The van der Waals surface area contributed by atoms with Crippen LogP contribution in [-0.4, -0.2) is 30.4 Å². The zero-order chi connectivity index (χ0) is 11.5. The third-order valence-electron chi connectivity index (χ3n) is 2.97. The quantitative estimate of drug-likeness (QED) is 0.559. The topological polar surface area (TPSA) is 55.4 Å². The third kappa shape index (κ3) is 3.30. The van der Waals surface area contributed by atoms with E-state index >= 15 is 0 Å². The highest BCUT2D eigenvalue weighted by Gasteiger charge is 2.34. The van der Waals surface area contributed by atoms with Gasteiger partial charge in [0.2, 0.25) is 5.78 Å². The Bertz CT molecular complexity index is 255. The second-order valence-corrected chi connectivity index (χ2v) is 4.57. The molecule has 1 saturated heterocycles. The molecule has 0 aliphatic carbocycles. The Hall–Kier alpha value is -0.900. The summed E-state index contributed by atoms with van der Waals surface area (Å²) < 4.78 is 5.22. The van der Waals surface area contributed by atoms with Crippen molar-refractivity contribution >= 4 is 11.8 Å². The Kier molecular flexibility index (Phi) is 3.85. The molecule has 0 amide bonds. The van der Waals surface area contributed by atoms with Gasteiger partial charge in [0.1, 0.15) is 5.60 Å². The maximum absolute atomic E-state index is 11.2. The first-order valence-electron chi connectivity index (χ1n) is 5.38. The molecule has 15 heavy (non-hydrogen) atoms. The van der Waals surface area contributed by atoms with E-state index in [0.717, 1.165) is 25.9 Å². The van der Waals surface area contributed by atoms with E-state index in [-0.39, 0.29) is 0 Å². The molecule has 4 heteroatoms. The van der Waals surface area contributed by atoms with Crippen LogP contribution in [-0.2, 0) is 14.3 Å². The first-order valence-corrected chi connectivity index (χ1v) is 5.38. The van der Waals surface area contributed by atoms with Crippen molar-refractivity contribution in [3.8, 4) is 0 Å². The van der Waals surface area contributed by atoms with Gasteiger partial charge in [0.15, 0.2) is 0 Å². The molecule has 0 unspecified atom stereocenters. The summed E-state index contributed by atoms with van der Waals surface area (Å²) in [6.45, 7) is 6.89. The summed E-state index contributed by atoms with van der Waals surface area (Å²) in [5.41, 5.74) is -0.537. The van der Waals surface area contributed by atoms with Crippen molar-refractivity contribution < 1.29 is 14.3 Å². The average Bonchev–Trinajstić information content (AvgIpc) is 2.18. The van der Waals surface area contributed by atoms with Gasteiger partial charge >= 0.3 is 5.97 Å². The van der Waals surface area contributed by atoms with Crippen LogP contribution in [0.2, 0.25) is 0 Å². The van der Waals surface area contributed by atoms with E-state index in [4.69, 9.17) is 4.74 Å². The van der Waals surface area contributed by atoms with Crippen LogP contribution in [0, 0.1) is 5.92 Å². The smallest absolute Gasteiger partial charge is 0.374 e. The number of carbonyl (C=O) groups excluding carboxylic acids is 2. The number of hydrogen-bond donors (Lipinski definition) is 1. The number of esters is 1. The normalized spacial score (nSPS) is 18.6. The van der Waals surface area contributed by atoms with Crippen molar-refractivity contribution in [2.45, 2.75) is 39.2 Å². The van der Waals surface area contributed by atoms with Crippen molar-refractivity contribution in [3.63, 3.8) is 0 Å². The number of ketones is 1. The van der Waals surface area contributed by atoms with Crippen molar-refractivity contribution in [1.82, 2.24) is 5.32 Å². The molecule has 4 nitrogen and oxygen atoms in total. The van der Waals surface area contributed by atoms with Crippen molar-refractivity contribution in [1.29, 1.82) is 0 Å². The summed E-state index contributed by atoms with van der Waals surface area (Å²) in [6.07, 6.45) is 1.97. The lowest BCUT2D eigenvalue weighted by Gasteiger charge is -2.36. The van der Waals surface area contributed by atoms with E-state index in [1.807, 2.05) is 13.8 Å². The van der Waals surface area contributed by atoms with Crippen LogP contribution < -0.4 is 5.32 Å². The lowest BCUT2D eigenvalue weighted by molar-refractivity contribution is -0.167. The number of ether oxygens (including phenoxy) is 1. The summed E-state index contributed by atoms with van der Waals surface area (Å²) >= 11 is 0. The van der Waals surface area contributed by atoms with Crippen LogP contribution >= 0.6 is 0 Å². The van der Waals surface area contributed by atoms with Crippen LogP contribution in [0.15, 0.2) is 0 Å². The number of rotatable bonds is 3. The minimum atomic E-state index is -0.724. The number of nitrogens with one attached hydrogen (secondary N) is 1. The Morgan fingerprint density at radius 3 is 2.27 bits per heavy atom.